The highest BCUT2D eigenvalue weighted by Crippen LogP contribution is 2.27. The average Bonchev–Trinajstić information content (AvgIpc) is 2.77. The third-order valence-electron chi connectivity index (χ3n) is 2.58. The Morgan fingerprint density at radius 1 is 1.21 bits per heavy atom. The van der Waals surface area contributed by atoms with E-state index in [0.717, 1.165) is 9.35 Å². The molecule has 3 N–H and O–H groups in total. The standard InChI is InChI=1S/C12H13BrN2O2S2/c1-8(9-2-4-10(14)5-3-9)15-19(16,17)12-7-6-11(13)18-12/h2-8,15H,14H2,1H3. The van der Waals surface area contributed by atoms with E-state index < -0.39 is 10.0 Å². The van der Waals surface area contributed by atoms with Crippen LogP contribution in [-0.2, 0) is 10.0 Å². The number of rotatable bonds is 4. The Morgan fingerprint density at radius 3 is 2.37 bits per heavy atom. The van der Waals surface area contributed by atoms with Crippen LogP contribution in [0, 0.1) is 0 Å². The van der Waals surface area contributed by atoms with Gasteiger partial charge in [0.2, 0.25) is 0 Å². The van der Waals surface area contributed by atoms with Gasteiger partial charge >= 0.3 is 0 Å². The van der Waals surface area contributed by atoms with Crippen molar-refractivity contribution in [1.82, 2.24) is 4.72 Å². The number of sulfonamides is 1. The molecule has 1 unspecified atom stereocenters. The van der Waals surface area contributed by atoms with Gasteiger partial charge < -0.3 is 5.73 Å². The van der Waals surface area contributed by atoms with Crippen LogP contribution in [0.15, 0.2) is 44.4 Å². The first-order valence-electron chi connectivity index (χ1n) is 5.51. The van der Waals surface area contributed by atoms with E-state index in [1.165, 1.54) is 11.3 Å². The summed E-state index contributed by atoms with van der Waals surface area (Å²) in [6.07, 6.45) is 0. The maximum atomic E-state index is 12.1. The molecule has 0 amide bonds. The number of nitrogens with one attached hydrogen (secondary N) is 1. The molecule has 0 aliphatic heterocycles. The lowest BCUT2D eigenvalue weighted by atomic mass is 10.1. The first-order valence-corrected chi connectivity index (χ1v) is 8.61. The zero-order valence-corrected chi connectivity index (χ0v) is 13.3. The Morgan fingerprint density at radius 2 is 1.84 bits per heavy atom. The van der Waals surface area contributed by atoms with E-state index in [-0.39, 0.29) is 6.04 Å². The van der Waals surface area contributed by atoms with Crippen molar-refractivity contribution in [3.05, 3.63) is 45.7 Å². The summed E-state index contributed by atoms with van der Waals surface area (Å²) in [5, 5.41) is 0. The van der Waals surface area contributed by atoms with Crippen LogP contribution in [0.2, 0.25) is 0 Å². The highest BCUT2D eigenvalue weighted by Gasteiger charge is 2.20. The molecule has 1 heterocycles. The molecule has 0 bridgehead atoms. The van der Waals surface area contributed by atoms with E-state index in [2.05, 4.69) is 20.7 Å². The molecule has 102 valence electrons. The van der Waals surface area contributed by atoms with Crippen LogP contribution in [0.1, 0.15) is 18.5 Å². The van der Waals surface area contributed by atoms with Gasteiger partial charge in [0, 0.05) is 11.7 Å². The first-order chi connectivity index (χ1) is 8.88. The fourth-order valence-electron chi connectivity index (χ4n) is 1.59. The maximum absolute atomic E-state index is 12.1. The highest BCUT2D eigenvalue weighted by atomic mass is 79.9. The summed E-state index contributed by atoms with van der Waals surface area (Å²) < 4.78 is 28.0. The highest BCUT2D eigenvalue weighted by molar-refractivity contribution is 9.11. The number of nitrogen functional groups attached to an aromatic ring is 1. The van der Waals surface area contributed by atoms with Crippen LogP contribution in [0.4, 0.5) is 5.69 Å². The van der Waals surface area contributed by atoms with E-state index in [4.69, 9.17) is 5.73 Å². The van der Waals surface area contributed by atoms with Crippen LogP contribution < -0.4 is 10.5 Å². The van der Waals surface area contributed by atoms with Gasteiger partial charge in [0.05, 0.1) is 3.79 Å². The molecule has 7 heteroatoms. The summed E-state index contributed by atoms with van der Waals surface area (Å²) in [5.74, 6) is 0. The molecule has 1 aromatic carbocycles. The first kappa shape index (κ1) is 14.5. The van der Waals surface area contributed by atoms with Gasteiger partial charge in [-0.1, -0.05) is 12.1 Å². The number of halogens is 1. The maximum Gasteiger partial charge on any atom is 0.250 e. The molecule has 0 aliphatic carbocycles. The molecule has 2 rings (SSSR count). The van der Waals surface area contributed by atoms with Crippen molar-refractivity contribution in [2.24, 2.45) is 0 Å². The van der Waals surface area contributed by atoms with Gasteiger partial charge in [0.25, 0.3) is 10.0 Å². The lowest BCUT2D eigenvalue weighted by molar-refractivity contribution is 0.569. The second kappa shape index (κ2) is 5.62. The van der Waals surface area contributed by atoms with Crippen molar-refractivity contribution in [2.75, 3.05) is 5.73 Å². The fourth-order valence-corrected chi connectivity index (χ4v) is 4.84. The average molecular weight is 361 g/mol. The van der Waals surface area contributed by atoms with Crippen molar-refractivity contribution < 1.29 is 8.42 Å². The van der Waals surface area contributed by atoms with Crippen LogP contribution in [0.5, 0.6) is 0 Å². The van der Waals surface area contributed by atoms with Crippen LogP contribution >= 0.6 is 27.3 Å². The third kappa shape index (κ3) is 3.56. The Hall–Kier alpha value is -0.890. The number of hydrogen-bond acceptors (Lipinski definition) is 4. The minimum Gasteiger partial charge on any atom is -0.399 e. The van der Waals surface area contributed by atoms with Gasteiger partial charge in [0.15, 0.2) is 0 Å². The van der Waals surface area contributed by atoms with Crippen molar-refractivity contribution in [2.45, 2.75) is 17.2 Å². The van der Waals surface area contributed by atoms with Crippen LogP contribution in [0.3, 0.4) is 0 Å². The molecular weight excluding hydrogens is 348 g/mol. The topological polar surface area (TPSA) is 72.2 Å². The molecule has 2 aromatic rings. The van der Waals surface area contributed by atoms with E-state index in [9.17, 15) is 8.42 Å². The van der Waals surface area contributed by atoms with Gasteiger partial charge in [-0.3, -0.25) is 0 Å². The summed E-state index contributed by atoms with van der Waals surface area (Å²) in [6, 6.07) is 10.1. The van der Waals surface area contributed by atoms with Crippen LogP contribution in [-0.4, -0.2) is 8.42 Å². The molecule has 1 aromatic heterocycles. The predicted molar refractivity (Wildman–Crippen MR) is 81.6 cm³/mol. The molecule has 4 nitrogen and oxygen atoms in total. The molecule has 0 saturated carbocycles. The van der Waals surface area contributed by atoms with Crippen molar-refractivity contribution in [3.8, 4) is 0 Å². The van der Waals surface area contributed by atoms with Crippen LogP contribution in [0.25, 0.3) is 0 Å². The fraction of sp³-hybridized carbons (Fsp3) is 0.167. The van der Waals surface area contributed by atoms with Crippen molar-refractivity contribution in [1.29, 1.82) is 0 Å². The van der Waals surface area contributed by atoms with E-state index in [1.807, 2.05) is 12.1 Å². The second-order valence-electron chi connectivity index (χ2n) is 4.07. The quantitative estimate of drug-likeness (QED) is 0.822. The Labute approximate surface area is 124 Å². The summed E-state index contributed by atoms with van der Waals surface area (Å²) in [4.78, 5) is 0. The number of benzene rings is 1. The Bertz CT molecular complexity index is 665. The zero-order valence-electron chi connectivity index (χ0n) is 10.1. The van der Waals surface area contributed by atoms with E-state index >= 15 is 0 Å². The molecule has 0 spiro atoms. The lowest BCUT2D eigenvalue weighted by Gasteiger charge is -2.13. The number of thiophene rings is 1. The van der Waals surface area contributed by atoms with Gasteiger partial charge in [-0.05, 0) is 52.7 Å². The summed E-state index contributed by atoms with van der Waals surface area (Å²) in [5.41, 5.74) is 7.13. The lowest BCUT2D eigenvalue weighted by Crippen LogP contribution is -2.26. The van der Waals surface area contributed by atoms with Gasteiger partial charge in [0.1, 0.15) is 4.21 Å². The third-order valence-corrected chi connectivity index (χ3v) is 6.24. The monoisotopic (exact) mass is 360 g/mol. The largest absolute Gasteiger partial charge is 0.399 e. The zero-order chi connectivity index (χ0) is 14.0. The molecule has 0 radical (unpaired) electrons. The number of nitrogens with two attached hydrogens (primary N) is 1. The molecule has 0 saturated heterocycles. The van der Waals surface area contributed by atoms with Gasteiger partial charge in [-0.15, -0.1) is 11.3 Å². The molecular formula is C12H13BrN2O2S2. The molecule has 19 heavy (non-hydrogen) atoms. The van der Waals surface area contributed by atoms with Crippen molar-refractivity contribution in [3.63, 3.8) is 0 Å². The molecule has 1 atom stereocenters. The van der Waals surface area contributed by atoms with E-state index in [0.29, 0.717) is 9.90 Å². The van der Waals surface area contributed by atoms with Gasteiger partial charge in [-0.25, -0.2) is 13.1 Å². The minimum atomic E-state index is -3.49. The second-order valence-corrected chi connectivity index (χ2v) is 8.47. The predicted octanol–water partition coefficient (Wildman–Crippen LogP) is 3.13. The smallest absolute Gasteiger partial charge is 0.250 e. The van der Waals surface area contributed by atoms with E-state index in [1.54, 1.807) is 31.2 Å². The van der Waals surface area contributed by atoms with Gasteiger partial charge in [-0.2, -0.15) is 0 Å². The molecule has 0 aliphatic rings. The summed E-state index contributed by atoms with van der Waals surface area (Å²) in [6.45, 7) is 1.80. The SMILES string of the molecule is CC(NS(=O)(=O)c1ccc(Br)s1)c1ccc(N)cc1. The minimum absolute atomic E-state index is 0.293. The normalized spacial score (nSPS) is 13.4. The Balaban J connectivity index is 2.18. The number of hydrogen-bond donors (Lipinski definition) is 2. The molecule has 0 fully saturated rings. The summed E-state index contributed by atoms with van der Waals surface area (Å²) in [7, 11) is -3.49. The number of anilines is 1. The Kier molecular flexibility index (Phi) is 4.29. The van der Waals surface area contributed by atoms with Crippen molar-refractivity contribution >= 4 is 43.0 Å². The summed E-state index contributed by atoms with van der Waals surface area (Å²) >= 11 is 4.44.